The smallest absolute Gasteiger partial charge is 0.217 e. The molecule has 37 heavy (non-hydrogen) atoms. The minimum absolute atomic E-state index is 0.0246. The van der Waals surface area contributed by atoms with E-state index < -0.39 is 36.1 Å². The molecule has 2 aliphatic carbocycles. The second kappa shape index (κ2) is 9.39. The number of hydrogen-bond acceptors (Lipinski definition) is 8. The third-order valence-electron chi connectivity index (χ3n) is 7.53. The molecular weight excluding hydrogens is 478 g/mol. The summed E-state index contributed by atoms with van der Waals surface area (Å²) >= 11 is 0. The van der Waals surface area contributed by atoms with Gasteiger partial charge >= 0.3 is 0 Å². The lowest BCUT2D eigenvalue weighted by Gasteiger charge is -2.38. The van der Waals surface area contributed by atoms with E-state index in [9.17, 15) is 29.4 Å². The first-order chi connectivity index (χ1) is 17.6. The van der Waals surface area contributed by atoms with Crippen molar-refractivity contribution in [2.75, 3.05) is 0 Å². The van der Waals surface area contributed by atoms with Gasteiger partial charge in [0.15, 0.2) is 11.6 Å². The first-order valence-corrected chi connectivity index (χ1v) is 12.5. The summed E-state index contributed by atoms with van der Waals surface area (Å²) in [6, 6.07) is 5.39. The van der Waals surface area contributed by atoms with E-state index in [1.165, 1.54) is 25.1 Å². The molecular formula is C28H29NO8. The highest BCUT2D eigenvalue weighted by molar-refractivity contribution is 6.32. The van der Waals surface area contributed by atoms with Crippen molar-refractivity contribution in [1.82, 2.24) is 5.32 Å². The van der Waals surface area contributed by atoms with Crippen molar-refractivity contribution in [3.05, 3.63) is 57.6 Å². The normalized spacial score (nSPS) is 26.7. The van der Waals surface area contributed by atoms with Crippen molar-refractivity contribution < 1.29 is 38.9 Å². The van der Waals surface area contributed by atoms with Gasteiger partial charge in [0, 0.05) is 36.5 Å². The number of ketones is 3. The molecule has 0 saturated carbocycles. The van der Waals surface area contributed by atoms with E-state index in [1.54, 1.807) is 13.0 Å². The van der Waals surface area contributed by atoms with E-state index in [-0.39, 0.29) is 69.8 Å². The van der Waals surface area contributed by atoms with Crippen LogP contribution in [0.5, 0.6) is 11.5 Å². The Hall–Kier alpha value is -3.56. The molecule has 0 spiro atoms. The van der Waals surface area contributed by atoms with Crippen molar-refractivity contribution in [1.29, 1.82) is 0 Å². The summed E-state index contributed by atoms with van der Waals surface area (Å²) < 4.78 is 11.8. The van der Waals surface area contributed by atoms with Crippen LogP contribution in [0.2, 0.25) is 0 Å². The zero-order valence-corrected chi connectivity index (χ0v) is 20.9. The van der Waals surface area contributed by atoms with E-state index in [0.29, 0.717) is 12.0 Å². The number of phenolic OH excluding ortho intramolecular Hbond substituents is 1. The number of carbonyl (C=O) groups excluding carboxylic acids is 4. The van der Waals surface area contributed by atoms with Gasteiger partial charge in [-0.15, -0.1) is 0 Å². The minimum atomic E-state index is -0.948. The fourth-order valence-electron chi connectivity index (χ4n) is 5.68. The summed E-state index contributed by atoms with van der Waals surface area (Å²) in [4.78, 5) is 52.1. The Morgan fingerprint density at radius 2 is 1.86 bits per heavy atom. The minimum Gasteiger partial charge on any atom is -0.507 e. The number of fused-ring (bicyclic) bond motifs is 4. The summed E-state index contributed by atoms with van der Waals surface area (Å²) in [5.74, 6) is -1.79. The van der Waals surface area contributed by atoms with E-state index in [4.69, 9.17) is 9.47 Å². The molecule has 3 aliphatic rings. The van der Waals surface area contributed by atoms with Crippen LogP contribution in [0.3, 0.4) is 0 Å². The van der Waals surface area contributed by atoms with Crippen molar-refractivity contribution in [2.24, 2.45) is 5.92 Å². The quantitative estimate of drug-likeness (QED) is 0.490. The van der Waals surface area contributed by atoms with Gasteiger partial charge in [0.25, 0.3) is 0 Å². The average molecular weight is 508 g/mol. The van der Waals surface area contributed by atoms with Crippen LogP contribution in [0.15, 0.2) is 24.3 Å². The zero-order chi connectivity index (χ0) is 26.6. The monoisotopic (exact) mass is 507 g/mol. The number of benzene rings is 2. The summed E-state index contributed by atoms with van der Waals surface area (Å²) in [5.41, 5.74) is 0.632. The predicted molar refractivity (Wildman–Crippen MR) is 131 cm³/mol. The van der Waals surface area contributed by atoms with Crippen molar-refractivity contribution in [3.63, 3.8) is 0 Å². The van der Waals surface area contributed by atoms with Crippen LogP contribution in [-0.4, -0.2) is 58.0 Å². The van der Waals surface area contributed by atoms with Crippen molar-refractivity contribution >= 4 is 23.3 Å². The molecule has 1 saturated heterocycles. The fourth-order valence-corrected chi connectivity index (χ4v) is 5.68. The third-order valence-corrected chi connectivity index (χ3v) is 7.53. The second-order valence-electron chi connectivity index (χ2n) is 10.0. The van der Waals surface area contributed by atoms with E-state index in [1.807, 2.05) is 6.92 Å². The molecule has 0 aromatic heterocycles. The Bertz CT molecular complexity index is 1330. The van der Waals surface area contributed by atoms with Crippen LogP contribution < -0.4 is 10.1 Å². The molecule has 1 heterocycles. The molecule has 0 radical (unpaired) electrons. The van der Waals surface area contributed by atoms with Gasteiger partial charge < -0.3 is 25.0 Å². The molecule has 9 heteroatoms. The Morgan fingerprint density at radius 3 is 2.57 bits per heavy atom. The van der Waals surface area contributed by atoms with Gasteiger partial charge in [-0.2, -0.15) is 0 Å². The number of hydrogen-bond donors (Lipinski definition) is 3. The van der Waals surface area contributed by atoms with E-state index >= 15 is 0 Å². The number of ether oxygens (including phenoxy) is 2. The Balaban J connectivity index is 1.53. The standard InChI is InChI=1S/C28H29NO8/c1-4-14-8-15-10-19(32)24-25(22(15)18(31)9-14)27(34)16-6-5-7-20(23(16)28(24)35)37-21-11-17(29-13(3)30)26(33)12(2)36-21/h5-7,10,12,14,17,21,26,32-33H,4,8-9,11H2,1-3H3,(H,29,30)/t12-,14+,17-,21-,26+/m1/s1. The lowest BCUT2D eigenvalue weighted by Crippen LogP contribution is -2.55. The molecule has 9 nitrogen and oxygen atoms in total. The summed E-state index contributed by atoms with van der Waals surface area (Å²) in [5, 5.41) is 23.9. The molecule has 1 amide bonds. The predicted octanol–water partition coefficient (Wildman–Crippen LogP) is 2.70. The molecule has 194 valence electrons. The van der Waals surface area contributed by atoms with Crippen LogP contribution in [0.25, 0.3) is 0 Å². The largest absolute Gasteiger partial charge is 0.507 e. The number of carbonyl (C=O) groups is 4. The molecule has 0 bridgehead atoms. The van der Waals surface area contributed by atoms with Gasteiger partial charge in [0.1, 0.15) is 17.6 Å². The maximum atomic E-state index is 13.7. The van der Waals surface area contributed by atoms with Crippen LogP contribution >= 0.6 is 0 Å². The highest BCUT2D eigenvalue weighted by atomic mass is 16.7. The van der Waals surface area contributed by atoms with Gasteiger partial charge in [-0.3, -0.25) is 19.2 Å². The SMILES string of the molecule is CC[C@@H]1CC(=O)c2c(cc(O)c3c2C(=O)c2cccc(O[C@@H]4C[C@@H](NC(C)=O)[C@@H](O)[C@@H](C)O4)c2C3=O)C1. The van der Waals surface area contributed by atoms with E-state index in [2.05, 4.69) is 5.32 Å². The topological polar surface area (TPSA) is 139 Å². The zero-order valence-electron chi connectivity index (χ0n) is 20.9. The molecule has 1 fully saturated rings. The molecule has 0 unspecified atom stereocenters. The number of rotatable bonds is 4. The molecule has 5 rings (SSSR count). The number of nitrogens with one attached hydrogen (secondary N) is 1. The molecule has 3 N–H and O–H groups in total. The lowest BCUT2D eigenvalue weighted by molar-refractivity contribution is -0.191. The number of Topliss-reactive ketones (excluding diaryl/α,β-unsaturated/α-hetero) is 1. The summed E-state index contributed by atoms with van der Waals surface area (Å²) in [6.45, 7) is 4.97. The number of amides is 1. The van der Waals surface area contributed by atoms with E-state index in [0.717, 1.165) is 6.42 Å². The lowest BCUT2D eigenvalue weighted by atomic mass is 9.73. The highest BCUT2D eigenvalue weighted by Gasteiger charge is 2.42. The first kappa shape index (κ1) is 25.1. The van der Waals surface area contributed by atoms with Crippen LogP contribution in [0.4, 0.5) is 0 Å². The third kappa shape index (κ3) is 4.22. The first-order valence-electron chi connectivity index (χ1n) is 12.5. The van der Waals surface area contributed by atoms with Gasteiger partial charge in [0.2, 0.25) is 18.0 Å². The van der Waals surface area contributed by atoms with Crippen LogP contribution in [0.1, 0.15) is 87.8 Å². The highest BCUT2D eigenvalue weighted by Crippen LogP contribution is 2.43. The van der Waals surface area contributed by atoms with Crippen molar-refractivity contribution in [3.8, 4) is 11.5 Å². The van der Waals surface area contributed by atoms with Gasteiger partial charge in [0.05, 0.1) is 23.3 Å². The van der Waals surface area contributed by atoms with Crippen molar-refractivity contribution in [2.45, 2.75) is 71.0 Å². The maximum absolute atomic E-state index is 13.7. The molecule has 1 aliphatic heterocycles. The summed E-state index contributed by atoms with van der Waals surface area (Å²) in [7, 11) is 0. The number of aliphatic hydroxyl groups is 1. The Labute approximate surface area is 213 Å². The summed E-state index contributed by atoms with van der Waals surface area (Å²) in [6.07, 6.45) is -0.792. The number of phenols is 1. The number of aromatic hydroxyl groups is 1. The number of aliphatic hydroxyl groups excluding tert-OH is 1. The molecule has 5 atom stereocenters. The molecule has 2 aromatic carbocycles. The van der Waals surface area contributed by atoms with Gasteiger partial charge in [-0.25, -0.2) is 0 Å². The second-order valence-corrected chi connectivity index (χ2v) is 10.0. The van der Waals surface area contributed by atoms with Crippen LogP contribution in [-0.2, 0) is 16.0 Å². The average Bonchev–Trinajstić information content (AvgIpc) is 2.84. The Kier molecular flexibility index (Phi) is 6.37. The van der Waals surface area contributed by atoms with Gasteiger partial charge in [-0.05, 0) is 37.0 Å². The Morgan fingerprint density at radius 1 is 1.11 bits per heavy atom. The fraction of sp³-hybridized carbons (Fsp3) is 0.429. The molecule has 2 aromatic rings. The maximum Gasteiger partial charge on any atom is 0.217 e. The van der Waals surface area contributed by atoms with Gasteiger partial charge in [-0.1, -0.05) is 25.5 Å². The van der Waals surface area contributed by atoms with Crippen LogP contribution in [0, 0.1) is 5.92 Å².